The van der Waals surface area contributed by atoms with Crippen LogP contribution in [0.2, 0.25) is 0 Å². The Morgan fingerprint density at radius 3 is 2.61 bits per heavy atom. The average Bonchev–Trinajstić information content (AvgIpc) is 3.24. The van der Waals surface area contributed by atoms with Crippen LogP contribution < -0.4 is 15.6 Å². The number of aromatic nitrogens is 3. The number of anilines is 1. The molecule has 0 bridgehead atoms. The molecule has 0 atom stereocenters. The van der Waals surface area contributed by atoms with Gasteiger partial charge in [0.2, 0.25) is 0 Å². The van der Waals surface area contributed by atoms with Crippen LogP contribution in [0.3, 0.4) is 0 Å². The van der Waals surface area contributed by atoms with Gasteiger partial charge in [-0.05, 0) is 42.5 Å². The summed E-state index contributed by atoms with van der Waals surface area (Å²) in [4.78, 5) is 29.0. The van der Waals surface area contributed by atoms with Crippen LogP contribution in [-0.2, 0) is 6.54 Å². The van der Waals surface area contributed by atoms with Gasteiger partial charge in [-0.2, -0.15) is 5.10 Å². The molecule has 31 heavy (non-hydrogen) atoms. The van der Waals surface area contributed by atoms with Crippen LogP contribution in [-0.4, -0.2) is 27.3 Å². The normalized spacial score (nSPS) is 10.6. The summed E-state index contributed by atoms with van der Waals surface area (Å²) in [6, 6.07) is 17.8. The van der Waals surface area contributed by atoms with Gasteiger partial charge in [0.1, 0.15) is 23.9 Å². The molecule has 0 aliphatic rings. The fraction of sp³-hybridized carbons (Fsp3) is 0.0909. The molecule has 0 aliphatic heterocycles. The smallest absolute Gasteiger partial charge is 0.277 e. The lowest BCUT2D eigenvalue weighted by Crippen LogP contribution is -2.28. The van der Waals surface area contributed by atoms with Crippen molar-refractivity contribution >= 4 is 22.4 Å². The highest BCUT2D eigenvalue weighted by Crippen LogP contribution is 2.25. The Morgan fingerprint density at radius 2 is 1.84 bits per heavy atom. The number of para-hydroxylation sites is 1. The van der Waals surface area contributed by atoms with E-state index in [1.807, 2.05) is 30.3 Å². The van der Waals surface area contributed by atoms with E-state index >= 15 is 0 Å². The first-order valence-corrected chi connectivity index (χ1v) is 10.3. The van der Waals surface area contributed by atoms with Crippen molar-refractivity contribution < 1.29 is 13.9 Å². The van der Waals surface area contributed by atoms with Crippen LogP contribution in [0, 0.1) is 5.82 Å². The van der Waals surface area contributed by atoms with Gasteiger partial charge in [0.15, 0.2) is 5.13 Å². The quantitative estimate of drug-likeness (QED) is 0.476. The third-order valence-electron chi connectivity index (χ3n) is 4.28. The second-order valence-corrected chi connectivity index (χ2v) is 7.30. The molecule has 2 heterocycles. The molecule has 0 saturated carbocycles. The maximum absolute atomic E-state index is 13.1. The molecule has 0 aliphatic carbocycles. The number of hydrogen-bond acceptors (Lipinski definition) is 6. The van der Waals surface area contributed by atoms with Crippen molar-refractivity contribution in [2.45, 2.75) is 6.54 Å². The minimum atomic E-state index is -0.488. The molecule has 0 spiro atoms. The zero-order chi connectivity index (χ0) is 21.6. The predicted octanol–water partition coefficient (Wildman–Crippen LogP) is 3.84. The molecule has 4 aromatic rings. The number of amides is 1. The number of thiazole rings is 1. The average molecular weight is 436 g/mol. The number of hydrogen-bond donors (Lipinski definition) is 1. The summed E-state index contributed by atoms with van der Waals surface area (Å²) in [5.41, 5.74) is 1.11. The SMILES string of the molecule is O=C(Nc1nc(-c2ccc(F)cc2)cs1)c1ccc(=O)n(CCOc2ccccc2)n1. The van der Waals surface area contributed by atoms with Crippen molar-refractivity contribution in [3.8, 4) is 17.0 Å². The fourth-order valence-electron chi connectivity index (χ4n) is 2.74. The molecule has 156 valence electrons. The van der Waals surface area contributed by atoms with E-state index in [-0.39, 0.29) is 30.2 Å². The maximum atomic E-state index is 13.1. The van der Waals surface area contributed by atoms with Crippen LogP contribution in [0.1, 0.15) is 10.5 Å². The Labute approximate surface area is 180 Å². The number of nitrogens with zero attached hydrogens (tertiary/aromatic N) is 3. The van der Waals surface area contributed by atoms with Gasteiger partial charge in [-0.25, -0.2) is 14.1 Å². The van der Waals surface area contributed by atoms with Crippen molar-refractivity contribution in [2.24, 2.45) is 0 Å². The first-order valence-electron chi connectivity index (χ1n) is 9.37. The van der Waals surface area contributed by atoms with Gasteiger partial charge in [-0.15, -0.1) is 11.3 Å². The second kappa shape index (κ2) is 9.31. The van der Waals surface area contributed by atoms with Crippen LogP contribution in [0.25, 0.3) is 11.3 Å². The van der Waals surface area contributed by atoms with Crippen molar-refractivity contribution in [3.05, 3.63) is 94.0 Å². The Bertz CT molecular complexity index is 1240. The fourth-order valence-corrected chi connectivity index (χ4v) is 3.46. The molecule has 2 aromatic carbocycles. The van der Waals surface area contributed by atoms with E-state index in [4.69, 9.17) is 4.74 Å². The van der Waals surface area contributed by atoms with E-state index in [2.05, 4.69) is 15.4 Å². The molecule has 0 fully saturated rings. The van der Waals surface area contributed by atoms with Gasteiger partial charge in [-0.3, -0.25) is 14.9 Å². The molecule has 0 unspecified atom stereocenters. The van der Waals surface area contributed by atoms with Gasteiger partial charge in [0.05, 0.1) is 12.2 Å². The number of carbonyl (C=O) groups excluding carboxylic acids is 1. The van der Waals surface area contributed by atoms with E-state index in [0.29, 0.717) is 16.6 Å². The largest absolute Gasteiger partial charge is 0.492 e. The van der Waals surface area contributed by atoms with E-state index in [1.165, 1.54) is 40.3 Å². The molecule has 9 heteroatoms. The summed E-state index contributed by atoms with van der Waals surface area (Å²) in [5, 5.41) is 8.93. The number of carbonyl (C=O) groups is 1. The lowest BCUT2D eigenvalue weighted by molar-refractivity contribution is 0.101. The third kappa shape index (κ3) is 5.20. The predicted molar refractivity (Wildman–Crippen MR) is 116 cm³/mol. The van der Waals surface area contributed by atoms with Gasteiger partial charge < -0.3 is 4.74 Å². The first kappa shape index (κ1) is 20.4. The zero-order valence-electron chi connectivity index (χ0n) is 16.2. The topological polar surface area (TPSA) is 86.1 Å². The summed E-state index contributed by atoms with van der Waals surface area (Å²) < 4.78 is 19.8. The van der Waals surface area contributed by atoms with Gasteiger partial charge >= 0.3 is 0 Å². The maximum Gasteiger partial charge on any atom is 0.277 e. The molecule has 7 nitrogen and oxygen atoms in total. The highest BCUT2D eigenvalue weighted by Gasteiger charge is 2.13. The number of halogens is 1. The second-order valence-electron chi connectivity index (χ2n) is 6.44. The molecule has 0 saturated heterocycles. The minimum Gasteiger partial charge on any atom is -0.492 e. The van der Waals surface area contributed by atoms with Crippen LogP contribution in [0.4, 0.5) is 9.52 Å². The van der Waals surface area contributed by atoms with Crippen molar-refractivity contribution in [2.75, 3.05) is 11.9 Å². The molecule has 0 radical (unpaired) electrons. The number of benzene rings is 2. The summed E-state index contributed by atoms with van der Waals surface area (Å²) in [7, 11) is 0. The Kier molecular flexibility index (Phi) is 6.13. The van der Waals surface area contributed by atoms with E-state index in [1.54, 1.807) is 17.5 Å². The third-order valence-corrected chi connectivity index (χ3v) is 5.04. The molecule has 1 amide bonds. The summed E-state index contributed by atoms with van der Waals surface area (Å²) >= 11 is 1.24. The van der Waals surface area contributed by atoms with Gasteiger partial charge in [-0.1, -0.05) is 18.2 Å². The van der Waals surface area contributed by atoms with Crippen LogP contribution >= 0.6 is 11.3 Å². The Hall–Kier alpha value is -3.85. The standard InChI is InChI=1S/C22H17FN4O3S/c23-16-8-6-15(7-9-16)19-14-31-22(24-19)25-21(29)18-10-11-20(28)27(26-18)12-13-30-17-4-2-1-3-5-17/h1-11,14H,12-13H2,(H,24,25,29). The number of nitrogens with one attached hydrogen (secondary N) is 1. The first-order chi connectivity index (χ1) is 15.1. The van der Waals surface area contributed by atoms with E-state index in [0.717, 1.165) is 5.56 Å². The highest BCUT2D eigenvalue weighted by atomic mass is 32.1. The van der Waals surface area contributed by atoms with Crippen LogP contribution in [0.5, 0.6) is 5.75 Å². The monoisotopic (exact) mass is 436 g/mol. The molecular weight excluding hydrogens is 419 g/mol. The summed E-state index contributed by atoms with van der Waals surface area (Å²) in [6.07, 6.45) is 0. The van der Waals surface area contributed by atoms with Crippen molar-refractivity contribution in [1.29, 1.82) is 0 Å². The highest BCUT2D eigenvalue weighted by molar-refractivity contribution is 7.14. The van der Waals surface area contributed by atoms with Crippen molar-refractivity contribution in [1.82, 2.24) is 14.8 Å². The van der Waals surface area contributed by atoms with Gasteiger partial charge in [0, 0.05) is 17.0 Å². The lowest BCUT2D eigenvalue weighted by atomic mass is 10.2. The molecule has 4 rings (SSSR count). The van der Waals surface area contributed by atoms with Gasteiger partial charge in [0.25, 0.3) is 11.5 Å². The zero-order valence-corrected chi connectivity index (χ0v) is 17.0. The van der Waals surface area contributed by atoms with E-state index < -0.39 is 5.91 Å². The van der Waals surface area contributed by atoms with E-state index in [9.17, 15) is 14.0 Å². The summed E-state index contributed by atoms with van der Waals surface area (Å²) in [6.45, 7) is 0.427. The molecule has 1 N–H and O–H groups in total. The Morgan fingerprint density at radius 1 is 1.06 bits per heavy atom. The van der Waals surface area contributed by atoms with Crippen LogP contribution in [0.15, 0.2) is 76.9 Å². The Balaban J connectivity index is 1.41. The van der Waals surface area contributed by atoms with Crippen molar-refractivity contribution in [3.63, 3.8) is 0 Å². The minimum absolute atomic E-state index is 0.0813. The molecule has 2 aromatic heterocycles. The summed E-state index contributed by atoms with van der Waals surface area (Å²) in [5.74, 6) is -0.134. The number of ether oxygens (including phenoxy) is 1. The lowest BCUT2D eigenvalue weighted by Gasteiger charge is -2.08. The molecular formula is C22H17FN4O3S. The number of rotatable bonds is 7.